The second-order valence-corrected chi connectivity index (χ2v) is 5.64. The number of likely N-dealkylation sites (tertiary alicyclic amines) is 1. The van der Waals surface area contributed by atoms with Gasteiger partial charge in [0, 0.05) is 25.2 Å². The van der Waals surface area contributed by atoms with Crippen molar-refractivity contribution in [3.8, 4) is 5.69 Å². The summed E-state index contributed by atoms with van der Waals surface area (Å²) in [5.74, 6) is -0.462. The van der Waals surface area contributed by atoms with Crippen LogP contribution in [-0.2, 0) is 0 Å². The van der Waals surface area contributed by atoms with E-state index in [0.29, 0.717) is 18.8 Å². The molecule has 5 nitrogen and oxygen atoms in total. The summed E-state index contributed by atoms with van der Waals surface area (Å²) < 4.78 is 15.1. The van der Waals surface area contributed by atoms with Gasteiger partial charge in [0.1, 0.15) is 11.5 Å². The highest BCUT2D eigenvalue weighted by atomic mass is 19.1. The minimum absolute atomic E-state index is 0.109. The van der Waals surface area contributed by atoms with E-state index in [1.807, 2.05) is 0 Å². The molecule has 1 N–H and O–H groups in total. The number of para-hydroxylation sites is 1. The monoisotopic (exact) mass is 303 g/mol. The van der Waals surface area contributed by atoms with Crippen LogP contribution in [0, 0.1) is 11.7 Å². The van der Waals surface area contributed by atoms with E-state index in [2.05, 4.69) is 5.10 Å². The minimum atomic E-state index is -0.422. The molecule has 3 rings (SSSR count). The molecule has 1 amide bonds. The van der Waals surface area contributed by atoms with E-state index in [9.17, 15) is 14.3 Å². The van der Waals surface area contributed by atoms with E-state index in [0.717, 1.165) is 6.42 Å². The zero-order chi connectivity index (χ0) is 15.7. The molecule has 0 bridgehead atoms. The average molecular weight is 303 g/mol. The highest BCUT2D eigenvalue weighted by molar-refractivity contribution is 5.92. The molecule has 2 atom stereocenters. The Labute approximate surface area is 128 Å². The summed E-state index contributed by atoms with van der Waals surface area (Å²) in [7, 11) is 0. The Morgan fingerprint density at radius 1 is 1.41 bits per heavy atom. The van der Waals surface area contributed by atoms with Crippen molar-refractivity contribution in [1.29, 1.82) is 0 Å². The molecule has 1 aliphatic heterocycles. The first kappa shape index (κ1) is 14.7. The maximum Gasteiger partial charge on any atom is 0.274 e. The predicted octanol–water partition coefficient (Wildman–Crippen LogP) is 1.85. The quantitative estimate of drug-likeness (QED) is 0.941. The molecule has 2 unspecified atom stereocenters. The summed E-state index contributed by atoms with van der Waals surface area (Å²) in [4.78, 5) is 14.1. The second-order valence-electron chi connectivity index (χ2n) is 5.64. The van der Waals surface area contributed by atoms with Gasteiger partial charge in [-0.3, -0.25) is 4.79 Å². The van der Waals surface area contributed by atoms with Gasteiger partial charge in [0.05, 0.1) is 6.10 Å². The first-order valence-corrected chi connectivity index (χ1v) is 7.34. The lowest BCUT2D eigenvalue weighted by Gasteiger charge is -2.16. The summed E-state index contributed by atoms with van der Waals surface area (Å²) in [5, 5.41) is 13.8. The first-order chi connectivity index (χ1) is 10.6. The molecule has 1 aromatic carbocycles. The lowest BCUT2D eigenvalue weighted by Crippen LogP contribution is -2.30. The van der Waals surface area contributed by atoms with Crippen molar-refractivity contribution in [2.45, 2.75) is 19.4 Å². The smallest absolute Gasteiger partial charge is 0.274 e. The third-order valence-electron chi connectivity index (χ3n) is 4.10. The van der Waals surface area contributed by atoms with Crippen molar-refractivity contribution < 1.29 is 14.3 Å². The number of aliphatic hydroxyl groups is 1. The Balaban J connectivity index is 1.77. The van der Waals surface area contributed by atoms with Crippen LogP contribution >= 0.6 is 0 Å². The fourth-order valence-electron chi connectivity index (χ4n) is 2.74. The second kappa shape index (κ2) is 5.88. The van der Waals surface area contributed by atoms with Crippen LogP contribution in [0.1, 0.15) is 23.8 Å². The molecule has 1 aliphatic rings. The standard InChI is InChI=1S/C16H18FN3O2/c1-11(21)12-6-8-19(10-12)16(22)14-7-9-20(18-14)15-5-3-2-4-13(15)17/h2-5,7,9,11-12,21H,6,8,10H2,1H3. The normalized spacial score (nSPS) is 19.4. The molecular weight excluding hydrogens is 285 g/mol. The summed E-state index contributed by atoms with van der Waals surface area (Å²) in [5.41, 5.74) is 0.597. The topological polar surface area (TPSA) is 58.4 Å². The zero-order valence-corrected chi connectivity index (χ0v) is 12.3. The number of aliphatic hydroxyl groups excluding tert-OH is 1. The molecule has 1 fully saturated rings. The highest BCUT2D eigenvalue weighted by Crippen LogP contribution is 2.21. The number of rotatable bonds is 3. The van der Waals surface area contributed by atoms with E-state index >= 15 is 0 Å². The van der Waals surface area contributed by atoms with Crippen LogP contribution in [-0.4, -0.2) is 44.9 Å². The molecule has 1 saturated heterocycles. The number of amides is 1. The van der Waals surface area contributed by atoms with Gasteiger partial charge in [-0.25, -0.2) is 9.07 Å². The van der Waals surface area contributed by atoms with Gasteiger partial charge in [-0.15, -0.1) is 0 Å². The van der Waals surface area contributed by atoms with Crippen molar-refractivity contribution in [3.63, 3.8) is 0 Å². The fourth-order valence-corrected chi connectivity index (χ4v) is 2.74. The maximum atomic E-state index is 13.7. The number of carbonyl (C=O) groups is 1. The lowest BCUT2D eigenvalue weighted by atomic mass is 10.0. The van der Waals surface area contributed by atoms with Crippen LogP contribution < -0.4 is 0 Å². The molecule has 116 valence electrons. The van der Waals surface area contributed by atoms with E-state index in [-0.39, 0.29) is 23.3 Å². The van der Waals surface area contributed by atoms with Crippen molar-refractivity contribution >= 4 is 5.91 Å². The molecule has 1 aromatic heterocycles. The lowest BCUT2D eigenvalue weighted by molar-refractivity contribution is 0.0756. The van der Waals surface area contributed by atoms with Crippen molar-refractivity contribution in [3.05, 3.63) is 48.0 Å². The summed E-state index contributed by atoms with van der Waals surface area (Å²) in [6, 6.07) is 7.87. The minimum Gasteiger partial charge on any atom is -0.393 e. The number of hydrogen-bond acceptors (Lipinski definition) is 3. The van der Waals surface area contributed by atoms with E-state index in [4.69, 9.17) is 0 Å². The van der Waals surface area contributed by atoms with Crippen LogP contribution in [0.2, 0.25) is 0 Å². The number of nitrogens with zero attached hydrogens (tertiary/aromatic N) is 3. The van der Waals surface area contributed by atoms with Crippen LogP contribution in [0.4, 0.5) is 4.39 Å². The van der Waals surface area contributed by atoms with Gasteiger partial charge in [-0.1, -0.05) is 12.1 Å². The number of aromatic nitrogens is 2. The van der Waals surface area contributed by atoms with Gasteiger partial charge < -0.3 is 10.0 Å². The number of benzene rings is 1. The maximum absolute atomic E-state index is 13.7. The molecule has 0 radical (unpaired) electrons. The molecule has 0 saturated carbocycles. The van der Waals surface area contributed by atoms with Gasteiger partial charge >= 0.3 is 0 Å². The highest BCUT2D eigenvalue weighted by Gasteiger charge is 2.30. The predicted molar refractivity (Wildman–Crippen MR) is 79.2 cm³/mol. The van der Waals surface area contributed by atoms with Gasteiger partial charge in [0.2, 0.25) is 0 Å². The van der Waals surface area contributed by atoms with Gasteiger partial charge in [0.25, 0.3) is 5.91 Å². The van der Waals surface area contributed by atoms with Gasteiger partial charge in [-0.05, 0) is 31.5 Å². The Kier molecular flexibility index (Phi) is 3.94. The van der Waals surface area contributed by atoms with Crippen LogP contribution in [0.25, 0.3) is 5.69 Å². The van der Waals surface area contributed by atoms with Gasteiger partial charge in [0.15, 0.2) is 5.69 Å². The molecule has 0 spiro atoms. The summed E-state index contributed by atoms with van der Waals surface area (Å²) in [6.45, 7) is 2.88. The first-order valence-electron chi connectivity index (χ1n) is 7.34. The summed E-state index contributed by atoms with van der Waals surface area (Å²) in [6.07, 6.45) is 1.94. The summed E-state index contributed by atoms with van der Waals surface area (Å²) >= 11 is 0. The Bertz CT molecular complexity index is 684. The van der Waals surface area contributed by atoms with Crippen molar-refractivity contribution in [1.82, 2.24) is 14.7 Å². The SMILES string of the molecule is CC(O)C1CCN(C(=O)c2ccn(-c3ccccc3F)n2)C1. The van der Waals surface area contributed by atoms with Gasteiger partial charge in [-0.2, -0.15) is 5.10 Å². The van der Waals surface area contributed by atoms with Crippen LogP contribution in [0.15, 0.2) is 36.5 Å². The third-order valence-corrected chi connectivity index (χ3v) is 4.10. The molecule has 22 heavy (non-hydrogen) atoms. The fraction of sp³-hybridized carbons (Fsp3) is 0.375. The molecule has 2 aromatic rings. The van der Waals surface area contributed by atoms with Crippen molar-refractivity contribution in [2.24, 2.45) is 5.92 Å². The molecule has 2 heterocycles. The largest absolute Gasteiger partial charge is 0.393 e. The number of hydrogen-bond donors (Lipinski definition) is 1. The Morgan fingerprint density at radius 2 is 2.18 bits per heavy atom. The molecule has 0 aliphatic carbocycles. The van der Waals surface area contributed by atoms with E-state index < -0.39 is 6.10 Å². The van der Waals surface area contributed by atoms with Crippen LogP contribution in [0.3, 0.4) is 0 Å². The Morgan fingerprint density at radius 3 is 2.86 bits per heavy atom. The molecular formula is C16H18FN3O2. The van der Waals surface area contributed by atoms with E-state index in [1.54, 1.807) is 42.3 Å². The molecule has 6 heteroatoms. The number of halogens is 1. The Hall–Kier alpha value is -2.21. The third kappa shape index (κ3) is 2.74. The van der Waals surface area contributed by atoms with Crippen LogP contribution in [0.5, 0.6) is 0 Å². The number of carbonyl (C=O) groups excluding carboxylic acids is 1. The van der Waals surface area contributed by atoms with E-state index in [1.165, 1.54) is 10.7 Å². The average Bonchev–Trinajstić information content (AvgIpc) is 3.17. The zero-order valence-electron chi connectivity index (χ0n) is 12.3. The van der Waals surface area contributed by atoms with Crippen molar-refractivity contribution in [2.75, 3.05) is 13.1 Å².